The van der Waals surface area contributed by atoms with Gasteiger partial charge in [-0.05, 0) is 42.6 Å². The van der Waals surface area contributed by atoms with E-state index in [1.807, 2.05) is 0 Å². The Morgan fingerprint density at radius 2 is 2.12 bits per heavy atom. The van der Waals surface area contributed by atoms with Crippen LogP contribution in [0.2, 0.25) is 0 Å². The van der Waals surface area contributed by atoms with E-state index >= 15 is 0 Å². The van der Waals surface area contributed by atoms with Crippen molar-refractivity contribution < 1.29 is 24.2 Å². The largest absolute Gasteiger partial charge is 0.485 e. The molecule has 2 atom stereocenters. The van der Waals surface area contributed by atoms with Gasteiger partial charge >= 0.3 is 12.1 Å². The number of nitrogens with zero attached hydrogens (tertiary/aromatic N) is 1. The molecule has 1 saturated heterocycles. The van der Waals surface area contributed by atoms with Crippen LogP contribution >= 0.6 is 11.3 Å². The molecule has 0 saturated carbocycles. The first-order valence-corrected chi connectivity index (χ1v) is 8.65. The number of anilines is 1. The number of nitrogens with two attached hydrogens (primary N) is 1. The van der Waals surface area contributed by atoms with Gasteiger partial charge in [-0.25, -0.2) is 9.59 Å². The third kappa shape index (κ3) is 3.47. The molecule has 4 N–H and O–H groups in total. The van der Waals surface area contributed by atoms with Gasteiger partial charge in [-0.1, -0.05) is 0 Å². The van der Waals surface area contributed by atoms with Crippen molar-refractivity contribution in [2.75, 3.05) is 11.4 Å². The summed E-state index contributed by atoms with van der Waals surface area (Å²) >= 11 is 1.07. The molecule has 0 bridgehead atoms. The number of amides is 1. The molecule has 1 aromatic heterocycles. The van der Waals surface area contributed by atoms with Gasteiger partial charge in [0.2, 0.25) is 0 Å². The van der Waals surface area contributed by atoms with Crippen LogP contribution in [0.3, 0.4) is 0 Å². The molecule has 3 rings (SSSR count). The number of nitrogens with one attached hydrogen (secondary N) is 1. The molecular formula is C17H17N3O5S. The minimum Gasteiger partial charge on any atom is -0.485 e. The molecule has 2 aromatic rings. The van der Waals surface area contributed by atoms with Crippen molar-refractivity contribution in [3.63, 3.8) is 0 Å². The van der Waals surface area contributed by atoms with Crippen molar-refractivity contribution in [1.82, 2.24) is 0 Å². The Morgan fingerprint density at radius 3 is 2.73 bits per heavy atom. The van der Waals surface area contributed by atoms with Crippen LogP contribution in [-0.2, 0) is 4.74 Å². The zero-order valence-electron chi connectivity index (χ0n) is 13.8. The number of carbonyl (C=O) groups is 2. The van der Waals surface area contributed by atoms with Crippen molar-refractivity contribution in [3.8, 4) is 5.75 Å². The van der Waals surface area contributed by atoms with E-state index in [0.717, 1.165) is 11.3 Å². The fraction of sp³-hybridized carbons (Fsp3) is 0.235. The lowest BCUT2D eigenvalue weighted by Gasteiger charge is -2.19. The number of rotatable bonds is 6. The van der Waals surface area contributed by atoms with Crippen molar-refractivity contribution in [2.24, 2.45) is 5.73 Å². The van der Waals surface area contributed by atoms with E-state index < -0.39 is 24.3 Å². The molecule has 1 aromatic carbocycles. The molecule has 9 heteroatoms. The number of nitrogen functional groups attached to an aromatic ring is 1. The molecule has 0 aliphatic carbocycles. The average Bonchev–Trinajstić information content (AvgIpc) is 3.21. The maximum atomic E-state index is 12.2. The van der Waals surface area contributed by atoms with E-state index in [4.69, 9.17) is 25.7 Å². The second kappa shape index (κ2) is 7.04. The van der Waals surface area contributed by atoms with Crippen LogP contribution in [0, 0.1) is 5.41 Å². The molecule has 0 spiro atoms. The number of carboxylic acids is 1. The summed E-state index contributed by atoms with van der Waals surface area (Å²) < 4.78 is 11.1. The summed E-state index contributed by atoms with van der Waals surface area (Å²) in [5, 5.41) is 18.2. The van der Waals surface area contributed by atoms with Crippen LogP contribution in [0.5, 0.6) is 5.75 Å². The van der Waals surface area contributed by atoms with E-state index in [1.165, 1.54) is 4.90 Å². The molecule has 26 heavy (non-hydrogen) atoms. The van der Waals surface area contributed by atoms with Gasteiger partial charge in [0.25, 0.3) is 0 Å². The zero-order valence-corrected chi connectivity index (χ0v) is 14.7. The van der Waals surface area contributed by atoms with Gasteiger partial charge in [-0.2, -0.15) is 0 Å². The van der Waals surface area contributed by atoms with Crippen LogP contribution in [0.15, 0.2) is 35.7 Å². The van der Waals surface area contributed by atoms with E-state index in [0.29, 0.717) is 11.3 Å². The fourth-order valence-corrected chi connectivity index (χ4v) is 3.24. The highest BCUT2D eigenvalue weighted by molar-refractivity contribution is 7.12. The number of carboxylic acid groups (broad SMARTS) is 1. The van der Waals surface area contributed by atoms with E-state index in [9.17, 15) is 9.59 Å². The lowest BCUT2D eigenvalue weighted by molar-refractivity contribution is 0.0550. The molecule has 1 amide bonds. The first kappa shape index (κ1) is 17.7. The third-order valence-corrected chi connectivity index (χ3v) is 4.87. The Balaban J connectivity index is 1.69. The van der Waals surface area contributed by atoms with Gasteiger partial charge < -0.3 is 20.3 Å². The molecule has 1 aliphatic rings. The summed E-state index contributed by atoms with van der Waals surface area (Å²) in [6, 6.07) is 8.27. The van der Waals surface area contributed by atoms with Crippen LogP contribution in [-0.4, -0.2) is 41.8 Å². The molecule has 1 aliphatic heterocycles. The number of amidine groups is 1. The maximum absolute atomic E-state index is 12.2. The van der Waals surface area contributed by atoms with Crippen molar-refractivity contribution in [3.05, 3.63) is 46.2 Å². The second-order valence-electron chi connectivity index (χ2n) is 5.74. The average molecular weight is 375 g/mol. The fourth-order valence-electron chi connectivity index (χ4n) is 2.58. The lowest BCUT2D eigenvalue weighted by atomic mass is 10.1. The highest BCUT2D eigenvalue weighted by Crippen LogP contribution is 2.29. The molecule has 2 unspecified atom stereocenters. The van der Waals surface area contributed by atoms with Crippen LogP contribution < -0.4 is 15.4 Å². The maximum Gasteiger partial charge on any atom is 0.414 e. The van der Waals surface area contributed by atoms with Gasteiger partial charge in [-0.15, -0.1) is 11.3 Å². The molecular weight excluding hydrogens is 358 g/mol. The Kier molecular flexibility index (Phi) is 4.81. The predicted molar refractivity (Wildman–Crippen MR) is 96.4 cm³/mol. The first-order chi connectivity index (χ1) is 12.4. The van der Waals surface area contributed by atoms with Crippen LogP contribution in [0.25, 0.3) is 0 Å². The second-order valence-corrected chi connectivity index (χ2v) is 6.65. The SMILES string of the molecule is CC(Oc1ccsc1C(=O)O)C1CN(c2ccc(C(=N)N)cc2)C(=O)O1. The Hall–Kier alpha value is -3.07. The van der Waals surface area contributed by atoms with Crippen LogP contribution in [0.1, 0.15) is 22.2 Å². The number of benzene rings is 1. The summed E-state index contributed by atoms with van der Waals surface area (Å²) in [5.74, 6) is -0.849. The molecule has 2 heterocycles. The number of aromatic carboxylic acids is 1. The number of hydrogen-bond acceptors (Lipinski definition) is 6. The Labute approximate surface area is 153 Å². The minimum absolute atomic E-state index is 0.0505. The highest BCUT2D eigenvalue weighted by Gasteiger charge is 2.37. The monoisotopic (exact) mass is 375 g/mol. The van der Waals surface area contributed by atoms with Crippen molar-refractivity contribution in [1.29, 1.82) is 5.41 Å². The number of thiophene rings is 1. The van der Waals surface area contributed by atoms with Gasteiger partial charge in [0.05, 0.1) is 6.54 Å². The van der Waals surface area contributed by atoms with Gasteiger partial charge in [0.1, 0.15) is 17.7 Å². The summed E-state index contributed by atoms with van der Waals surface area (Å²) in [7, 11) is 0. The van der Waals surface area contributed by atoms with Gasteiger partial charge in [-0.3, -0.25) is 10.3 Å². The quantitative estimate of drug-likeness (QED) is 0.526. The van der Waals surface area contributed by atoms with Crippen molar-refractivity contribution >= 4 is 34.9 Å². The summed E-state index contributed by atoms with van der Waals surface area (Å²) in [5.41, 5.74) is 6.61. The molecule has 8 nitrogen and oxygen atoms in total. The lowest BCUT2D eigenvalue weighted by Crippen LogP contribution is -2.33. The Morgan fingerprint density at radius 1 is 1.42 bits per heavy atom. The highest BCUT2D eigenvalue weighted by atomic mass is 32.1. The molecule has 1 fully saturated rings. The summed E-state index contributed by atoms with van der Waals surface area (Å²) in [6.07, 6.45) is -1.57. The van der Waals surface area contributed by atoms with E-state index in [2.05, 4.69) is 0 Å². The third-order valence-electron chi connectivity index (χ3n) is 3.98. The summed E-state index contributed by atoms with van der Waals surface area (Å²) in [4.78, 5) is 24.9. The van der Waals surface area contributed by atoms with Crippen molar-refractivity contribution in [2.45, 2.75) is 19.1 Å². The standard InChI is InChI=1S/C17H17N3O5S/c1-9(24-12-6-7-26-14(12)16(21)22)13-8-20(17(23)25-13)11-4-2-10(3-5-11)15(18)19/h2-7,9,13H,8H2,1H3,(H3,18,19)(H,21,22). The number of carbonyl (C=O) groups excluding carboxylic acids is 1. The Bertz CT molecular complexity index is 848. The smallest absolute Gasteiger partial charge is 0.414 e. The minimum atomic E-state index is -1.06. The van der Waals surface area contributed by atoms with E-state index in [-0.39, 0.29) is 23.0 Å². The molecule has 0 radical (unpaired) electrons. The number of ether oxygens (including phenoxy) is 2. The first-order valence-electron chi connectivity index (χ1n) is 7.77. The van der Waals surface area contributed by atoms with Crippen LogP contribution in [0.4, 0.5) is 10.5 Å². The predicted octanol–water partition coefficient (Wildman–Crippen LogP) is 2.52. The normalized spacial score (nSPS) is 17.7. The van der Waals surface area contributed by atoms with Gasteiger partial charge in [0.15, 0.2) is 11.0 Å². The number of cyclic esters (lactones) is 1. The van der Waals surface area contributed by atoms with E-state index in [1.54, 1.807) is 42.6 Å². The summed E-state index contributed by atoms with van der Waals surface area (Å²) in [6.45, 7) is 2.00. The topological polar surface area (TPSA) is 126 Å². The molecule has 136 valence electrons. The number of hydrogen-bond donors (Lipinski definition) is 3. The zero-order chi connectivity index (χ0) is 18.8. The van der Waals surface area contributed by atoms with Gasteiger partial charge in [0, 0.05) is 11.3 Å².